The molecule has 0 saturated carbocycles. The lowest BCUT2D eigenvalue weighted by Crippen LogP contribution is -2.46. The highest BCUT2D eigenvalue weighted by Crippen LogP contribution is 2.47. The average molecular weight is 577 g/mol. The van der Waals surface area contributed by atoms with Gasteiger partial charge in [-0.1, -0.05) is 67.1 Å². The number of nitrogens with one attached hydrogen (secondary N) is 1. The fraction of sp³-hybridized carbons (Fsp3) is 0.432. The number of likely N-dealkylation sites (tertiary alicyclic amines) is 1. The number of anilines is 1. The summed E-state index contributed by atoms with van der Waals surface area (Å²) in [6.45, 7) is 6.99. The predicted octanol–water partition coefficient (Wildman–Crippen LogP) is 7.29. The highest BCUT2D eigenvalue weighted by molar-refractivity contribution is 5.85. The van der Waals surface area contributed by atoms with E-state index in [1.807, 2.05) is 11.8 Å². The molecule has 3 aliphatic heterocycles. The standard InChI is InChI=1S/C37H44N4O2/c1-3-43-37(42)41-20-10-9-13-28(36-31(19-22-41)29-14-7-8-15-33(29)38-36)27-16-17-34-32(23-27)30-18-21-40(25-35(30)39(34)2)24-26-11-5-4-6-12-26/h4-8,11-12,14-17,23,28,30,35,38H,3,9-10,13,18-22,24-25H2,1-2H3. The smallest absolute Gasteiger partial charge is 0.409 e. The van der Waals surface area contributed by atoms with Crippen molar-refractivity contribution in [1.29, 1.82) is 0 Å². The number of nitrogens with zero attached hydrogens (tertiary/aromatic N) is 3. The Morgan fingerprint density at radius 1 is 0.953 bits per heavy atom. The number of likely N-dealkylation sites (N-methyl/N-ethyl adjacent to an activating group) is 1. The van der Waals surface area contributed by atoms with Crippen LogP contribution >= 0.6 is 0 Å². The van der Waals surface area contributed by atoms with Crippen LogP contribution in [0.1, 0.15) is 72.4 Å². The zero-order valence-corrected chi connectivity index (χ0v) is 25.6. The third kappa shape index (κ3) is 5.42. The van der Waals surface area contributed by atoms with Crippen molar-refractivity contribution >= 4 is 22.7 Å². The Balaban J connectivity index is 1.18. The molecule has 43 heavy (non-hydrogen) atoms. The second-order valence-electron chi connectivity index (χ2n) is 12.7. The van der Waals surface area contributed by atoms with Gasteiger partial charge in [-0.25, -0.2) is 4.79 Å². The van der Waals surface area contributed by atoms with Crippen LogP contribution in [-0.4, -0.2) is 66.8 Å². The van der Waals surface area contributed by atoms with E-state index in [1.54, 1.807) is 0 Å². The molecule has 6 nitrogen and oxygen atoms in total. The lowest BCUT2D eigenvalue weighted by molar-refractivity contribution is 0.106. The Morgan fingerprint density at radius 3 is 2.65 bits per heavy atom. The third-order valence-electron chi connectivity index (χ3n) is 10.2. The number of piperidine rings is 1. The van der Waals surface area contributed by atoms with Crippen molar-refractivity contribution in [2.75, 3.05) is 44.7 Å². The third-order valence-corrected chi connectivity index (χ3v) is 10.2. The second-order valence-corrected chi connectivity index (χ2v) is 12.7. The van der Waals surface area contributed by atoms with Crippen LogP contribution in [0.15, 0.2) is 72.8 Å². The fourth-order valence-electron chi connectivity index (χ4n) is 8.00. The number of ether oxygens (including phenoxy) is 1. The number of H-pyrrole nitrogens is 1. The Kier molecular flexibility index (Phi) is 7.87. The summed E-state index contributed by atoms with van der Waals surface area (Å²) >= 11 is 0. The van der Waals surface area contributed by atoms with Crippen LogP contribution in [0.2, 0.25) is 0 Å². The van der Waals surface area contributed by atoms with Crippen molar-refractivity contribution in [3.8, 4) is 0 Å². The molecule has 3 aliphatic rings. The minimum absolute atomic E-state index is 0.187. The first-order valence-corrected chi connectivity index (χ1v) is 16.2. The first-order chi connectivity index (χ1) is 21.1. The summed E-state index contributed by atoms with van der Waals surface area (Å²) in [5.74, 6) is 0.885. The van der Waals surface area contributed by atoms with E-state index in [4.69, 9.17) is 4.74 Å². The van der Waals surface area contributed by atoms with Crippen LogP contribution < -0.4 is 4.90 Å². The van der Waals surface area contributed by atoms with E-state index < -0.39 is 0 Å². The van der Waals surface area contributed by atoms with Gasteiger partial charge in [-0.15, -0.1) is 0 Å². The number of rotatable bonds is 4. The van der Waals surface area contributed by atoms with Gasteiger partial charge >= 0.3 is 6.09 Å². The van der Waals surface area contributed by atoms with Crippen LogP contribution in [0.5, 0.6) is 0 Å². The largest absolute Gasteiger partial charge is 0.450 e. The molecule has 0 radical (unpaired) electrons. The molecule has 1 amide bonds. The minimum atomic E-state index is -0.187. The van der Waals surface area contributed by atoms with Crippen molar-refractivity contribution in [3.05, 3.63) is 101 Å². The molecule has 3 atom stereocenters. The monoisotopic (exact) mass is 576 g/mol. The lowest BCUT2D eigenvalue weighted by atomic mass is 9.83. The summed E-state index contributed by atoms with van der Waals surface area (Å²) in [5, 5.41) is 1.28. The van der Waals surface area contributed by atoms with Crippen molar-refractivity contribution in [3.63, 3.8) is 0 Å². The Hall–Kier alpha value is -3.77. The molecule has 1 aromatic heterocycles. The maximum Gasteiger partial charge on any atom is 0.409 e. The molecule has 1 N–H and O–H groups in total. The number of amides is 1. The first kappa shape index (κ1) is 28.0. The number of hydrogen-bond acceptors (Lipinski definition) is 4. The molecule has 7 rings (SSSR count). The van der Waals surface area contributed by atoms with Gasteiger partial charge in [0, 0.05) is 73.4 Å². The summed E-state index contributed by atoms with van der Waals surface area (Å²) < 4.78 is 5.40. The zero-order valence-electron chi connectivity index (χ0n) is 25.6. The van der Waals surface area contributed by atoms with E-state index in [0.717, 1.165) is 51.9 Å². The number of fused-ring (bicyclic) bond motifs is 6. The number of carbonyl (C=O) groups is 1. The number of carbonyl (C=O) groups excluding carboxylic acids is 1. The fourth-order valence-corrected chi connectivity index (χ4v) is 8.00. The molecule has 3 unspecified atom stereocenters. The normalized spacial score (nSPS) is 22.6. The van der Waals surface area contributed by atoms with Gasteiger partial charge in [-0.05, 0) is 73.5 Å². The highest BCUT2D eigenvalue weighted by atomic mass is 16.6. The van der Waals surface area contributed by atoms with Gasteiger partial charge in [-0.3, -0.25) is 4.90 Å². The summed E-state index contributed by atoms with van der Waals surface area (Å²) in [6.07, 6.45) is 4.94. The van der Waals surface area contributed by atoms with Gasteiger partial charge in [0.1, 0.15) is 0 Å². The molecule has 3 aromatic carbocycles. The minimum Gasteiger partial charge on any atom is -0.450 e. The molecule has 0 spiro atoms. The summed E-state index contributed by atoms with van der Waals surface area (Å²) in [6, 6.07) is 27.4. The predicted molar refractivity (Wildman–Crippen MR) is 174 cm³/mol. The SMILES string of the molecule is CCOC(=O)N1CCCCC(c2ccc3c(c2)C2CCN(Cc4ccccc4)CC2N3C)c2[nH]c3ccccc3c2CC1. The number of para-hydroxylation sites is 1. The number of aromatic nitrogens is 1. The number of benzene rings is 3. The maximum absolute atomic E-state index is 12.7. The van der Waals surface area contributed by atoms with E-state index in [0.29, 0.717) is 31.0 Å². The Bertz CT molecular complexity index is 1580. The van der Waals surface area contributed by atoms with Crippen molar-refractivity contribution in [2.24, 2.45) is 0 Å². The van der Waals surface area contributed by atoms with Crippen molar-refractivity contribution in [2.45, 2.75) is 63.5 Å². The summed E-state index contributed by atoms with van der Waals surface area (Å²) in [5.41, 5.74) is 9.63. The van der Waals surface area contributed by atoms with E-state index in [9.17, 15) is 4.79 Å². The summed E-state index contributed by atoms with van der Waals surface area (Å²) in [4.78, 5) is 23.7. The van der Waals surface area contributed by atoms with Crippen molar-refractivity contribution in [1.82, 2.24) is 14.8 Å². The van der Waals surface area contributed by atoms with E-state index in [1.165, 1.54) is 51.0 Å². The van der Waals surface area contributed by atoms with Crippen LogP contribution in [0, 0.1) is 0 Å². The highest BCUT2D eigenvalue weighted by Gasteiger charge is 2.40. The molecular weight excluding hydrogens is 532 g/mol. The molecule has 4 aromatic rings. The molecule has 4 heterocycles. The second kappa shape index (κ2) is 12.1. The van der Waals surface area contributed by atoms with Crippen LogP contribution in [0.25, 0.3) is 10.9 Å². The van der Waals surface area contributed by atoms with Gasteiger partial charge in [-0.2, -0.15) is 0 Å². The van der Waals surface area contributed by atoms with Gasteiger partial charge in [0.2, 0.25) is 0 Å². The van der Waals surface area contributed by atoms with Gasteiger partial charge in [0.15, 0.2) is 0 Å². The van der Waals surface area contributed by atoms with Gasteiger partial charge in [0.05, 0.1) is 6.61 Å². The Labute approximate surface area is 255 Å². The Morgan fingerprint density at radius 2 is 1.79 bits per heavy atom. The molecule has 1 fully saturated rings. The van der Waals surface area contributed by atoms with Crippen molar-refractivity contribution < 1.29 is 9.53 Å². The quantitative estimate of drug-likeness (QED) is 0.277. The number of aromatic amines is 1. The molecule has 0 bridgehead atoms. The van der Waals surface area contributed by atoms with E-state index >= 15 is 0 Å². The maximum atomic E-state index is 12.7. The molecule has 1 saturated heterocycles. The van der Waals surface area contributed by atoms with Gasteiger partial charge < -0.3 is 19.5 Å². The van der Waals surface area contributed by atoms with E-state index in [2.05, 4.69) is 94.6 Å². The summed E-state index contributed by atoms with van der Waals surface area (Å²) in [7, 11) is 2.30. The lowest BCUT2D eigenvalue weighted by Gasteiger charge is -2.38. The van der Waals surface area contributed by atoms with Gasteiger partial charge in [0.25, 0.3) is 0 Å². The van der Waals surface area contributed by atoms with Crippen LogP contribution in [-0.2, 0) is 17.7 Å². The first-order valence-electron chi connectivity index (χ1n) is 16.2. The molecule has 224 valence electrons. The molecular formula is C37H44N4O2. The molecule has 0 aliphatic carbocycles. The zero-order chi connectivity index (χ0) is 29.3. The number of hydrogen-bond donors (Lipinski definition) is 1. The topological polar surface area (TPSA) is 51.8 Å². The van der Waals surface area contributed by atoms with Crippen LogP contribution in [0.3, 0.4) is 0 Å². The van der Waals surface area contributed by atoms with Crippen LogP contribution in [0.4, 0.5) is 10.5 Å². The van der Waals surface area contributed by atoms with E-state index in [-0.39, 0.29) is 6.09 Å². The average Bonchev–Trinajstić information content (AvgIpc) is 3.53. The molecule has 6 heteroatoms.